The maximum absolute atomic E-state index is 12.6. The van der Waals surface area contributed by atoms with Crippen LogP contribution in [0.25, 0.3) is 5.65 Å². The highest BCUT2D eigenvalue weighted by atomic mass is 16.5. The molecule has 2 aromatic heterocycles. The van der Waals surface area contributed by atoms with Crippen LogP contribution in [-0.2, 0) is 11.3 Å². The summed E-state index contributed by atoms with van der Waals surface area (Å²) >= 11 is 0. The molecule has 148 valence electrons. The average Bonchev–Trinajstić information content (AvgIpc) is 3.18. The van der Waals surface area contributed by atoms with Crippen molar-refractivity contribution in [1.29, 1.82) is 0 Å². The Morgan fingerprint density at radius 1 is 1.32 bits per heavy atom. The number of aromatic nitrogens is 3. The number of nitrogens with one attached hydrogen (secondary N) is 2. The Labute approximate surface area is 163 Å². The molecule has 1 aliphatic heterocycles. The third kappa shape index (κ3) is 3.81. The molecule has 0 unspecified atom stereocenters. The number of para-hydroxylation sites is 1. The first-order valence-electron chi connectivity index (χ1n) is 9.71. The number of hydrogen-bond donors (Lipinski definition) is 2. The fourth-order valence-electron chi connectivity index (χ4n) is 3.68. The monoisotopic (exact) mass is 382 g/mol. The molecule has 7 nitrogen and oxygen atoms in total. The number of benzene rings is 1. The molecule has 3 aromatic rings. The van der Waals surface area contributed by atoms with Gasteiger partial charge in [0, 0.05) is 55.1 Å². The quantitative estimate of drug-likeness (QED) is 0.685. The Balaban J connectivity index is 1.53. The predicted molar refractivity (Wildman–Crippen MR) is 107 cm³/mol. The van der Waals surface area contributed by atoms with Gasteiger partial charge in [-0.05, 0) is 25.8 Å². The summed E-state index contributed by atoms with van der Waals surface area (Å²) < 4.78 is 12.4. The van der Waals surface area contributed by atoms with E-state index >= 15 is 0 Å². The lowest BCUT2D eigenvalue weighted by atomic mass is 9.97. The Morgan fingerprint density at radius 3 is 2.89 bits per heavy atom. The fourth-order valence-corrected chi connectivity index (χ4v) is 3.68. The van der Waals surface area contributed by atoms with E-state index in [9.17, 15) is 4.79 Å². The van der Waals surface area contributed by atoms with Crippen molar-refractivity contribution in [3.8, 4) is 5.75 Å². The summed E-state index contributed by atoms with van der Waals surface area (Å²) in [7, 11) is 1.67. The summed E-state index contributed by atoms with van der Waals surface area (Å²) in [6.45, 7) is 4.17. The van der Waals surface area contributed by atoms with Crippen LogP contribution in [0.2, 0.25) is 0 Å². The molecule has 1 atom stereocenters. The van der Waals surface area contributed by atoms with Crippen LogP contribution in [0.5, 0.6) is 5.75 Å². The van der Waals surface area contributed by atoms with Gasteiger partial charge in [0.15, 0.2) is 5.65 Å². The Hall–Kier alpha value is -2.64. The number of aromatic amines is 1. The van der Waals surface area contributed by atoms with E-state index in [2.05, 4.69) is 10.4 Å². The highest BCUT2D eigenvalue weighted by Crippen LogP contribution is 2.26. The summed E-state index contributed by atoms with van der Waals surface area (Å²) in [5.74, 6) is 1.23. The van der Waals surface area contributed by atoms with Crippen LogP contribution in [0.15, 0.2) is 41.2 Å². The van der Waals surface area contributed by atoms with Gasteiger partial charge in [-0.25, -0.2) is 9.50 Å². The van der Waals surface area contributed by atoms with Gasteiger partial charge >= 0.3 is 0 Å². The zero-order chi connectivity index (χ0) is 19.5. The Bertz CT molecular complexity index is 1000. The number of fused-ring (bicyclic) bond motifs is 1. The van der Waals surface area contributed by atoms with Gasteiger partial charge in [-0.15, -0.1) is 0 Å². The van der Waals surface area contributed by atoms with E-state index in [-0.39, 0.29) is 11.6 Å². The highest BCUT2D eigenvalue weighted by Gasteiger charge is 2.19. The molecule has 2 N–H and O–H groups in total. The third-order valence-electron chi connectivity index (χ3n) is 5.39. The molecule has 0 radical (unpaired) electrons. The van der Waals surface area contributed by atoms with Crippen LogP contribution in [0.4, 0.5) is 0 Å². The van der Waals surface area contributed by atoms with E-state index in [0.29, 0.717) is 18.1 Å². The van der Waals surface area contributed by atoms with Crippen molar-refractivity contribution < 1.29 is 9.47 Å². The Kier molecular flexibility index (Phi) is 5.45. The first kappa shape index (κ1) is 18.7. The second kappa shape index (κ2) is 8.16. The van der Waals surface area contributed by atoms with Crippen molar-refractivity contribution in [3.63, 3.8) is 0 Å². The lowest BCUT2D eigenvalue weighted by molar-refractivity contribution is 0.0844. The smallest absolute Gasteiger partial charge is 0.272 e. The first-order valence-corrected chi connectivity index (χ1v) is 9.71. The van der Waals surface area contributed by atoms with E-state index in [1.807, 2.05) is 37.3 Å². The second-order valence-electron chi connectivity index (χ2n) is 7.23. The third-order valence-corrected chi connectivity index (χ3v) is 5.39. The van der Waals surface area contributed by atoms with E-state index in [1.54, 1.807) is 13.2 Å². The van der Waals surface area contributed by atoms with E-state index in [1.165, 1.54) is 4.52 Å². The summed E-state index contributed by atoms with van der Waals surface area (Å²) in [4.78, 5) is 17.3. The molecule has 28 heavy (non-hydrogen) atoms. The van der Waals surface area contributed by atoms with Gasteiger partial charge in [-0.1, -0.05) is 18.2 Å². The molecular weight excluding hydrogens is 356 g/mol. The molecule has 0 saturated carbocycles. The van der Waals surface area contributed by atoms with Crippen molar-refractivity contribution in [2.24, 2.45) is 0 Å². The molecule has 3 heterocycles. The van der Waals surface area contributed by atoms with Crippen LogP contribution < -0.4 is 15.6 Å². The van der Waals surface area contributed by atoms with Gasteiger partial charge in [0.05, 0.1) is 12.8 Å². The minimum Gasteiger partial charge on any atom is -0.496 e. The molecule has 7 heteroatoms. The summed E-state index contributed by atoms with van der Waals surface area (Å²) in [6.07, 6.45) is 1.93. The van der Waals surface area contributed by atoms with Crippen molar-refractivity contribution in [2.75, 3.05) is 20.3 Å². The topological polar surface area (TPSA) is 80.6 Å². The number of H-pyrrole nitrogens is 1. The molecule has 0 amide bonds. The number of nitrogens with zero attached hydrogens (tertiary/aromatic N) is 2. The van der Waals surface area contributed by atoms with Crippen molar-refractivity contribution in [1.82, 2.24) is 19.9 Å². The number of ether oxygens (including phenoxy) is 2. The molecule has 0 aliphatic carbocycles. The van der Waals surface area contributed by atoms with Gasteiger partial charge in [0.1, 0.15) is 5.75 Å². The van der Waals surface area contributed by atoms with Crippen LogP contribution in [0.1, 0.15) is 48.7 Å². The number of hydrogen-bond acceptors (Lipinski definition) is 5. The zero-order valence-electron chi connectivity index (χ0n) is 16.3. The largest absolute Gasteiger partial charge is 0.496 e. The second-order valence-corrected chi connectivity index (χ2v) is 7.23. The molecule has 1 saturated heterocycles. The van der Waals surface area contributed by atoms with Gasteiger partial charge in [0.25, 0.3) is 5.56 Å². The zero-order valence-corrected chi connectivity index (χ0v) is 16.3. The number of rotatable bonds is 6. The van der Waals surface area contributed by atoms with E-state index in [0.717, 1.165) is 48.8 Å². The van der Waals surface area contributed by atoms with Gasteiger partial charge in [-0.2, -0.15) is 0 Å². The Morgan fingerprint density at radius 2 is 2.11 bits per heavy atom. The summed E-state index contributed by atoms with van der Waals surface area (Å²) in [5, 5.41) is 6.66. The lowest BCUT2D eigenvalue weighted by Gasteiger charge is -2.20. The van der Waals surface area contributed by atoms with Crippen molar-refractivity contribution >= 4 is 5.65 Å². The number of methoxy groups -OCH3 is 1. The van der Waals surface area contributed by atoms with Crippen LogP contribution in [0, 0.1) is 0 Å². The molecule has 1 fully saturated rings. The predicted octanol–water partition coefficient (Wildman–Crippen LogP) is 2.78. The SMILES string of the molecule is COc1ccccc1CN[C@H](C)c1cc(=O)n2[nH]c(C3CCOCC3)cc2n1. The van der Waals surface area contributed by atoms with Crippen LogP contribution in [-0.4, -0.2) is 34.9 Å². The maximum atomic E-state index is 12.6. The molecule has 1 aliphatic rings. The molecule has 4 rings (SSSR count). The first-order chi connectivity index (χ1) is 13.7. The molecular formula is C21H26N4O3. The molecule has 0 spiro atoms. The minimum absolute atomic E-state index is 0.0657. The van der Waals surface area contributed by atoms with Crippen molar-refractivity contribution in [2.45, 2.75) is 38.3 Å². The van der Waals surface area contributed by atoms with E-state index < -0.39 is 0 Å². The standard InChI is InChI=1S/C21H26N4O3/c1-14(22-13-16-5-3-4-6-19(16)27-2)17-12-21(26)25-20(23-17)11-18(24-25)15-7-9-28-10-8-15/h3-6,11-12,14-15,22,24H,7-10,13H2,1-2H3/t14-/m1/s1. The maximum Gasteiger partial charge on any atom is 0.272 e. The van der Waals surface area contributed by atoms with Gasteiger partial charge in [-0.3, -0.25) is 9.89 Å². The molecule has 0 bridgehead atoms. The van der Waals surface area contributed by atoms with Crippen molar-refractivity contribution in [3.05, 3.63) is 63.7 Å². The summed E-state index contributed by atoms with van der Waals surface area (Å²) in [5.41, 5.74) is 3.43. The normalized spacial score (nSPS) is 16.4. The highest BCUT2D eigenvalue weighted by molar-refractivity contribution is 5.41. The lowest BCUT2D eigenvalue weighted by Crippen LogP contribution is -2.23. The minimum atomic E-state index is -0.0933. The van der Waals surface area contributed by atoms with Gasteiger partial charge in [0.2, 0.25) is 0 Å². The fraction of sp³-hybridized carbons (Fsp3) is 0.429. The molecule has 1 aromatic carbocycles. The van der Waals surface area contributed by atoms with Crippen LogP contribution >= 0.6 is 0 Å². The average molecular weight is 382 g/mol. The van der Waals surface area contributed by atoms with E-state index in [4.69, 9.17) is 14.5 Å². The summed E-state index contributed by atoms with van der Waals surface area (Å²) in [6, 6.07) is 11.4. The van der Waals surface area contributed by atoms with Crippen LogP contribution in [0.3, 0.4) is 0 Å². The van der Waals surface area contributed by atoms with Gasteiger partial charge < -0.3 is 14.8 Å².